The predicted molar refractivity (Wildman–Crippen MR) is 145 cm³/mol. The van der Waals surface area contributed by atoms with Gasteiger partial charge in [-0.05, 0) is 56.1 Å². The van der Waals surface area contributed by atoms with Crippen LogP contribution in [0.2, 0.25) is 0 Å². The smallest absolute Gasteiger partial charge is 0.254 e. The number of hydrogen-bond acceptors (Lipinski definition) is 6. The highest BCUT2D eigenvalue weighted by Crippen LogP contribution is 2.38. The standard InChI is InChI=1S/C29H33FN6O2/c1-17-15-36-25(14-31-27(36)12-22(17)30)20-4-6-23(28-21(20)13-32-29(28)37)33-26-7-5-19(18-8-10-38-11-9-18)24(34-26)16-35(2)3/h4-7,12,14,17-18H,8-11,13,15-16H2,1-3H3,(H,32,37)(H,33,34). The highest BCUT2D eigenvalue weighted by Gasteiger charge is 2.29. The van der Waals surface area contributed by atoms with Gasteiger partial charge in [0, 0.05) is 50.4 Å². The number of ether oxygens (including phenoxy) is 1. The lowest BCUT2D eigenvalue weighted by Gasteiger charge is -2.25. The average molecular weight is 517 g/mol. The number of fused-ring (bicyclic) bond motifs is 2. The summed E-state index contributed by atoms with van der Waals surface area (Å²) in [5, 5.41) is 6.41. The Morgan fingerprint density at radius 3 is 2.82 bits per heavy atom. The van der Waals surface area contributed by atoms with Crippen LogP contribution in [0.15, 0.2) is 36.3 Å². The summed E-state index contributed by atoms with van der Waals surface area (Å²) in [6.07, 6.45) is 5.28. The molecule has 1 amide bonds. The first-order valence-corrected chi connectivity index (χ1v) is 13.3. The Bertz CT molecular complexity index is 1420. The third-order valence-corrected chi connectivity index (χ3v) is 7.72. The Morgan fingerprint density at radius 1 is 1.21 bits per heavy atom. The molecule has 0 spiro atoms. The first-order valence-electron chi connectivity index (χ1n) is 13.3. The summed E-state index contributed by atoms with van der Waals surface area (Å²) in [7, 11) is 4.09. The number of nitrogens with zero attached hydrogens (tertiary/aromatic N) is 4. The zero-order valence-electron chi connectivity index (χ0n) is 22.1. The van der Waals surface area contributed by atoms with Gasteiger partial charge in [0.15, 0.2) is 0 Å². The lowest BCUT2D eigenvalue weighted by atomic mass is 9.90. The highest BCUT2D eigenvalue weighted by molar-refractivity contribution is 6.06. The van der Waals surface area contributed by atoms with Crippen molar-refractivity contribution in [3.05, 3.63) is 64.5 Å². The molecule has 1 unspecified atom stereocenters. The number of hydrogen-bond donors (Lipinski definition) is 2. The molecule has 0 radical (unpaired) electrons. The minimum atomic E-state index is -0.212. The third kappa shape index (κ3) is 4.50. The van der Waals surface area contributed by atoms with Crippen molar-refractivity contribution in [3.63, 3.8) is 0 Å². The molecule has 0 saturated carbocycles. The normalized spacial score (nSPS) is 19.2. The number of rotatable bonds is 6. The van der Waals surface area contributed by atoms with Gasteiger partial charge in [0.25, 0.3) is 5.91 Å². The minimum absolute atomic E-state index is 0.116. The number of pyridine rings is 1. The molecule has 38 heavy (non-hydrogen) atoms. The molecule has 3 aliphatic heterocycles. The number of benzene rings is 1. The fourth-order valence-electron chi connectivity index (χ4n) is 5.76. The number of carbonyl (C=O) groups is 1. The van der Waals surface area contributed by atoms with Crippen molar-refractivity contribution in [1.29, 1.82) is 0 Å². The van der Waals surface area contributed by atoms with Gasteiger partial charge < -0.3 is 24.8 Å². The summed E-state index contributed by atoms with van der Waals surface area (Å²) in [6, 6.07) is 8.13. The van der Waals surface area contributed by atoms with Crippen molar-refractivity contribution < 1.29 is 13.9 Å². The summed E-state index contributed by atoms with van der Waals surface area (Å²) >= 11 is 0. The molecule has 2 N–H and O–H groups in total. The van der Waals surface area contributed by atoms with Crippen molar-refractivity contribution in [2.75, 3.05) is 32.6 Å². The van der Waals surface area contributed by atoms with Crippen LogP contribution in [0.5, 0.6) is 0 Å². The van der Waals surface area contributed by atoms with E-state index in [9.17, 15) is 9.18 Å². The van der Waals surface area contributed by atoms with E-state index in [1.807, 2.05) is 43.8 Å². The van der Waals surface area contributed by atoms with Crippen molar-refractivity contribution in [3.8, 4) is 11.3 Å². The molecule has 1 fully saturated rings. The maximum atomic E-state index is 14.2. The van der Waals surface area contributed by atoms with Gasteiger partial charge in [-0.3, -0.25) is 4.79 Å². The van der Waals surface area contributed by atoms with E-state index in [1.165, 1.54) is 11.6 Å². The zero-order valence-corrected chi connectivity index (χ0v) is 22.1. The number of nitrogens with one attached hydrogen (secondary N) is 2. The van der Waals surface area contributed by atoms with E-state index in [4.69, 9.17) is 9.72 Å². The van der Waals surface area contributed by atoms with E-state index in [-0.39, 0.29) is 17.7 Å². The Labute approximate surface area is 221 Å². The maximum Gasteiger partial charge on any atom is 0.254 e. The Hall–Kier alpha value is -3.56. The SMILES string of the molecule is CC1Cn2c(-c3ccc(Nc4ccc(C5CCOCC5)c(CN(C)C)n4)c4c3CNC4=O)cnc2C=C1F. The monoisotopic (exact) mass is 516 g/mol. The van der Waals surface area contributed by atoms with Crippen molar-refractivity contribution in [2.45, 2.75) is 45.3 Å². The molecule has 8 nitrogen and oxygen atoms in total. The van der Waals surface area contributed by atoms with Crippen LogP contribution >= 0.6 is 0 Å². The van der Waals surface area contributed by atoms with Gasteiger partial charge in [-0.1, -0.05) is 19.1 Å². The van der Waals surface area contributed by atoms with E-state index in [0.717, 1.165) is 60.8 Å². The number of aromatic nitrogens is 3. The Balaban J connectivity index is 1.35. The maximum absolute atomic E-state index is 14.2. The molecule has 0 aliphatic carbocycles. The first-order chi connectivity index (χ1) is 18.4. The topological polar surface area (TPSA) is 84.3 Å². The molecular weight excluding hydrogens is 483 g/mol. The van der Waals surface area contributed by atoms with Gasteiger partial charge >= 0.3 is 0 Å². The highest BCUT2D eigenvalue weighted by atomic mass is 19.1. The van der Waals surface area contributed by atoms with E-state index in [1.54, 1.807) is 6.20 Å². The van der Waals surface area contributed by atoms with Gasteiger partial charge in [-0.2, -0.15) is 0 Å². The average Bonchev–Trinajstić information content (AvgIpc) is 3.49. The van der Waals surface area contributed by atoms with E-state index in [0.29, 0.717) is 36.2 Å². The van der Waals surface area contributed by atoms with Gasteiger partial charge in [0.2, 0.25) is 0 Å². The lowest BCUT2D eigenvalue weighted by molar-refractivity contribution is 0.0849. The van der Waals surface area contributed by atoms with Crippen molar-refractivity contribution in [1.82, 2.24) is 24.8 Å². The molecular formula is C29H33FN6O2. The molecule has 0 bridgehead atoms. The number of imidazole rings is 1. The molecule has 3 aromatic rings. The number of anilines is 2. The summed E-state index contributed by atoms with van der Waals surface area (Å²) in [4.78, 5) is 24.5. The Kier molecular flexibility index (Phi) is 6.49. The van der Waals surface area contributed by atoms with E-state index in [2.05, 4.69) is 26.6 Å². The number of allylic oxidation sites excluding steroid dienone is 1. The summed E-state index contributed by atoms with van der Waals surface area (Å²) in [5.74, 6) is 1.28. The van der Waals surface area contributed by atoms with Crippen molar-refractivity contribution in [2.24, 2.45) is 5.92 Å². The minimum Gasteiger partial charge on any atom is -0.381 e. The van der Waals surface area contributed by atoms with Crippen molar-refractivity contribution >= 4 is 23.5 Å². The molecule has 1 aromatic carbocycles. The van der Waals surface area contributed by atoms with Gasteiger partial charge in [0.05, 0.1) is 28.8 Å². The second-order valence-corrected chi connectivity index (χ2v) is 10.7. The quantitative estimate of drug-likeness (QED) is 0.488. The largest absolute Gasteiger partial charge is 0.381 e. The van der Waals surface area contributed by atoms with Crippen LogP contribution in [0.1, 0.15) is 58.7 Å². The van der Waals surface area contributed by atoms with Crippen LogP contribution in [-0.4, -0.2) is 52.7 Å². The second kappa shape index (κ2) is 9.96. The molecule has 6 rings (SSSR count). The molecule has 5 heterocycles. The fourth-order valence-corrected chi connectivity index (χ4v) is 5.76. The van der Waals surface area contributed by atoms with Crippen LogP contribution in [0.4, 0.5) is 15.9 Å². The van der Waals surface area contributed by atoms with Crippen LogP contribution in [0, 0.1) is 5.92 Å². The molecule has 1 saturated heterocycles. The van der Waals surface area contributed by atoms with Crippen LogP contribution in [0.25, 0.3) is 17.3 Å². The summed E-state index contributed by atoms with van der Waals surface area (Å²) in [6.45, 7) is 5.11. The van der Waals surface area contributed by atoms with Gasteiger partial charge in [-0.25, -0.2) is 14.4 Å². The summed E-state index contributed by atoms with van der Waals surface area (Å²) in [5.41, 5.74) is 6.40. The zero-order chi connectivity index (χ0) is 26.4. The Morgan fingerprint density at radius 2 is 2.03 bits per heavy atom. The molecule has 1 atom stereocenters. The predicted octanol–water partition coefficient (Wildman–Crippen LogP) is 4.85. The second-order valence-electron chi connectivity index (χ2n) is 10.7. The molecule has 198 valence electrons. The van der Waals surface area contributed by atoms with E-state index >= 15 is 0 Å². The van der Waals surface area contributed by atoms with Crippen LogP contribution in [-0.2, 0) is 24.4 Å². The number of amides is 1. The number of halogens is 1. The molecule has 9 heteroatoms. The van der Waals surface area contributed by atoms with Crippen LogP contribution in [0.3, 0.4) is 0 Å². The molecule has 3 aliphatic rings. The van der Waals surface area contributed by atoms with Crippen LogP contribution < -0.4 is 10.6 Å². The third-order valence-electron chi connectivity index (χ3n) is 7.72. The molecule has 2 aromatic heterocycles. The van der Waals surface area contributed by atoms with E-state index < -0.39 is 0 Å². The first kappa shape index (κ1) is 24.8. The fraction of sp³-hybridized carbons (Fsp3) is 0.414. The summed E-state index contributed by atoms with van der Waals surface area (Å²) < 4.78 is 21.8. The number of carbonyl (C=O) groups excluding carboxylic acids is 1. The lowest BCUT2D eigenvalue weighted by Crippen LogP contribution is -2.20. The van der Waals surface area contributed by atoms with Gasteiger partial charge in [-0.15, -0.1) is 0 Å². The van der Waals surface area contributed by atoms with Gasteiger partial charge in [0.1, 0.15) is 17.5 Å².